The Bertz CT molecular complexity index is 651. The van der Waals surface area contributed by atoms with E-state index < -0.39 is 18.3 Å². The lowest BCUT2D eigenvalue weighted by Crippen LogP contribution is -2.41. The van der Waals surface area contributed by atoms with Gasteiger partial charge in [-0.15, -0.1) is 0 Å². The van der Waals surface area contributed by atoms with Crippen molar-refractivity contribution in [1.29, 1.82) is 0 Å². The molecule has 3 rings (SSSR count). The summed E-state index contributed by atoms with van der Waals surface area (Å²) in [7, 11) is -0.494. The number of amides is 1. The van der Waals surface area contributed by atoms with Gasteiger partial charge in [0.2, 0.25) is 0 Å². The van der Waals surface area contributed by atoms with Crippen LogP contribution in [0.25, 0.3) is 0 Å². The molecule has 2 saturated heterocycles. The summed E-state index contributed by atoms with van der Waals surface area (Å²) in [5, 5.41) is 0. The molecule has 0 N–H and O–H groups in total. The van der Waals surface area contributed by atoms with E-state index in [1.54, 1.807) is 6.20 Å². The van der Waals surface area contributed by atoms with E-state index in [9.17, 15) is 4.79 Å². The first-order valence-electron chi connectivity index (χ1n) is 9.22. The third kappa shape index (κ3) is 3.47. The number of carbonyl (C=O) groups is 1. The van der Waals surface area contributed by atoms with Gasteiger partial charge in [0.1, 0.15) is 0 Å². The first-order valence-corrected chi connectivity index (χ1v) is 9.22. The molecule has 25 heavy (non-hydrogen) atoms. The highest BCUT2D eigenvalue weighted by molar-refractivity contribution is 6.62. The molecule has 2 aliphatic heterocycles. The van der Waals surface area contributed by atoms with E-state index in [0.29, 0.717) is 11.5 Å². The van der Waals surface area contributed by atoms with Crippen molar-refractivity contribution in [3.05, 3.63) is 23.5 Å². The van der Waals surface area contributed by atoms with E-state index in [4.69, 9.17) is 9.31 Å². The third-order valence-electron chi connectivity index (χ3n) is 5.93. The van der Waals surface area contributed by atoms with Crippen LogP contribution in [0.3, 0.4) is 0 Å². The maximum absolute atomic E-state index is 13.0. The Hall–Kier alpha value is -1.40. The Morgan fingerprint density at radius 1 is 1.20 bits per heavy atom. The van der Waals surface area contributed by atoms with Crippen LogP contribution in [0.4, 0.5) is 0 Å². The van der Waals surface area contributed by atoms with Gasteiger partial charge in [-0.1, -0.05) is 6.92 Å². The Kier molecular flexibility index (Phi) is 4.71. The molecule has 0 atom stereocenters. The summed E-state index contributed by atoms with van der Waals surface area (Å²) in [5.41, 5.74) is 1.40. The number of rotatable bonds is 2. The molecule has 136 valence electrons. The lowest BCUT2D eigenvalue weighted by molar-refractivity contribution is 0.00578. The number of aryl methyl sites for hydroxylation is 1. The van der Waals surface area contributed by atoms with E-state index in [-0.39, 0.29) is 5.91 Å². The standard InChI is InChI=1S/C19H29BN2O3/c1-13-7-9-22(10-8-13)17(23)16-11-15(12-21-14(16)2)20-24-18(3,4)19(5,6)25-20/h11-13H,7-10H2,1-6H3. The Morgan fingerprint density at radius 3 is 2.32 bits per heavy atom. The van der Waals surface area contributed by atoms with Crippen LogP contribution >= 0.6 is 0 Å². The molecule has 0 saturated carbocycles. The molecular formula is C19H29BN2O3. The van der Waals surface area contributed by atoms with E-state index in [1.165, 1.54) is 0 Å². The largest absolute Gasteiger partial charge is 0.496 e. The number of hydrogen-bond acceptors (Lipinski definition) is 4. The number of nitrogens with zero attached hydrogens (tertiary/aromatic N) is 2. The van der Waals surface area contributed by atoms with Gasteiger partial charge in [0.25, 0.3) is 5.91 Å². The summed E-state index contributed by atoms with van der Waals surface area (Å²) < 4.78 is 12.2. The average Bonchev–Trinajstić information content (AvgIpc) is 2.76. The molecule has 1 amide bonds. The molecule has 0 spiro atoms. The van der Waals surface area contributed by atoms with Gasteiger partial charge in [0.15, 0.2) is 0 Å². The van der Waals surface area contributed by atoms with Crippen molar-refractivity contribution >= 4 is 18.5 Å². The fraction of sp³-hybridized carbons (Fsp3) is 0.684. The smallest absolute Gasteiger partial charge is 0.399 e. The van der Waals surface area contributed by atoms with Crippen molar-refractivity contribution in [2.45, 2.75) is 65.6 Å². The lowest BCUT2D eigenvalue weighted by Gasteiger charge is -2.32. The maximum Gasteiger partial charge on any atom is 0.496 e. The molecule has 6 heteroatoms. The SMILES string of the molecule is Cc1ncc(B2OC(C)(C)C(C)(C)O2)cc1C(=O)N1CCC(C)CC1. The number of aromatic nitrogens is 1. The van der Waals surface area contributed by atoms with Crippen molar-refractivity contribution in [2.75, 3.05) is 13.1 Å². The highest BCUT2D eigenvalue weighted by Crippen LogP contribution is 2.36. The number of hydrogen-bond donors (Lipinski definition) is 0. The van der Waals surface area contributed by atoms with Gasteiger partial charge in [0.05, 0.1) is 16.8 Å². The Labute approximate surface area is 151 Å². The molecular weight excluding hydrogens is 315 g/mol. The Morgan fingerprint density at radius 2 is 1.76 bits per heavy atom. The van der Waals surface area contributed by atoms with Crippen molar-refractivity contribution < 1.29 is 14.1 Å². The summed E-state index contributed by atoms with van der Waals surface area (Å²) in [4.78, 5) is 19.3. The summed E-state index contributed by atoms with van der Waals surface area (Å²) in [5.74, 6) is 0.759. The van der Waals surface area contributed by atoms with Gasteiger partial charge in [-0.2, -0.15) is 0 Å². The molecule has 0 radical (unpaired) electrons. The van der Waals surface area contributed by atoms with Crippen molar-refractivity contribution in [1.82, 2.24) is 9.88 Å². The third-order valence-corrected chi connectivity index (χ3v) is 5.93. The second kappa shape index (κ2) is 6.40. The highest BCUT2D eigenvalue weighted by atomic mass is 16.7. The zero-order chi connectivity index (χ0) is 18.4. The number of carbonyl (C=O) groups excluding carboxylic acids is 1. The van der Waals surface area contributed by atoms with Crippen LogP contribution in [0.15, 0.2) is 12.3 Å². The molecule has 0 unspecified atom stereocenters. The number of piperidine rings is 1. The molecule has 1 aromatic rings. The van der Waals surface area contributed by atoms with Crippen molar-refractivity contribution in [3.63, 3.8) is 0 Å². The zero-order valence-electron chi connectivity index (χ0n) is 16.3. The first-order chi connectivity index (χ1) is 11.6. The molecule has 0 aliphatic carbocycles. The van der Waals surface area contributed by atoms with Crippen LogP contribution in [0.5, 0.6) is 0 Å². The monoisotopic (exact) mass is 344 g/mol. The predicted octanol–water partition coefficient (Wildman–Crippen LogP) is 2.56. The minimum atomic E-state index is -0.494. The van der Waals surface area contributed by atoms with Crippen LogP contribution in [0.2, 0.25) is 0 Å². The number of likely N-dealkylation sites (tertiary alicyclic amines) is 1. The zero-order valence-corrected chi connectivity index (χ0v) is 16.3. The summed E-state index contributed by atoms with van der Waals surface area (Å²) >= 11 is 0. The minimum Gasteiger partial charge on any atom is -0.399 e. The highest BCUT2D eigenvalue weighted by Gasteiger charge is 2.52. The molecule has 3 heterocycles. The van der Waals surface area contributed by atoms with E-state index in [2.05, 4.69) is 11.9 Å². The first kappa shape index (κ1) is 18.4. The van der Waals surface area contributed by atoms with Crippen LogP contribution in [-0.2, 0) is 9.31 Å². The van der Waals surface area contributed by atoms with Gasteiger partial charge >= 0.3 is 7.12 Å². The topological polar surface area (TPSA) is 51.7 Å². The van der Waals surface area contributed by atoms with E-state index >= 15 is 0 Å². The van der Waals surface area contributed by atoms with Crippen molar-refractivity contribution in [2.24, 2.45) is 5.92 Å². The fourth-order valence-electron chi connectivity index (χ4n) is 3.26. The van der Waals surface area contributed by atoms with Gasteiger partial charge in [-0.05, 0) is 59.4 Å². The van der Waals surface area contributed by atoms with Crippen LogP contribution < -0.4 is 5.46 Å². The Balaban J connectivity index is 1.83. The normalized spacial score (nSPS) is 23.1. The molecule has 0 bridgehead atoms. The average molecular weight is 344 g/mol. The van der Waals surface area contributed by atoms with Gasteiger partial charge < -0.3 is 14.2 Å². The second-order valence-corrected chi connectivity index (χ2v) is 8.46. The van der Waals surface area contributed by atoms with Gasteiger partial charge in [-0.25, -0.2) is 0 Å². The molecule has 0 aromatic carbocycles. The predicted molar refractivity (Wildman–Crippen MR) is 99.0 cm³/mol. The molecule has 5 nitrogen and oxygen atoms in total. The van der Waals surface area contributed by atoms with Crippen LogP contribution in [-0.4, -0.2) is 47.2 Å². The fourth-order valence-corrected chi connectivity index (χ4v) is 3.26. The van der Waals surface area contributed by atoms with Crippen LogP contribution in [0.1, 0.15) is 63.5 Å². The molecule has 1 aromatic heterocycles. The molecule has 2 aliphatic rings. The van der Waals surface area contributed by atoms with E-state index in [0.717, 1.165) is 37.1 Å². The van der Waals surface area contributed by atoms with Crippen molar-refractivity contribution in [3.8, 4) is 0 Å². The van der Waals surface area contributed by atoms with Gasteiger partial charge in [0, 0.05) is 30.4 Å². The van der Waals surface area contributed by atoms with E-state index in [1.807, 2.05) is 45.6 Å². The van der Waals surface area contributed by atoms with Gasteiger partial charge in [-0.3, -0.25) is 9.78 Å². The summed E-state index contributed by atoms with van der Waals surface area (Å²) in [6.45, 7) is 13.9. The lowest BCUT2D eigenvalue weighted by atomic mass is 9.79. The quantitative estimate of drug-likeness (QED) is 0.774. The minimum absolute atomic E-state index is 0.0651. The molecule has 2 fully saturated rings. The number of pyridine rings is 1. The van der Waals surface area contributed by atoms with Crippen LogP contribution in [0, 0.1) is 12.8 Å². The summed E-state index contributed by atoms with van der Waals surface area (Å²) in [6, 6.07) is 1.89. The summed E-state index contributed by atoms with van der Waals surface area (Å²) in [6.07, 6.45) is 3.89. The maximum atomic E-state index is 13.0. The second-order valence-electron chi connectivity index (χ2n) is 8.46.